The molecule has 5 nitrogen and oxygen atoms in total. The van der Waals surface area contributed by atoms with Crippen molar-refractivity contribution >= 4 is 17.7 Å². The van der Waals surface area contributed by atoms with Crippen molar-refractivity contribution in [2.75, 3.05) is 11.9 Å². The lowest BCUT2D eigenvalue weighted by atomic mass is 9.86. The molecule has 1 fully saturated rings. The number of carboxylic acid groups (broad SMARTS) is 1. The Bertz CT molecular complexity index is 557. The van der Waals surface area contributed by atoms with Crippen LogP contribution in [-0.4, -0.2) is 23.7 Å². The van der Waals surface area contributed by atoms with E-state index in [9.17, 15) is 23.5 Å². The summed E-state index contributed by atoms with van der Waals surface area (Å²) in [7, 11) is 0. The minimum atomic E-state index is -0.960. The lowest BCUT2D eigenvalue weighted by Crippen LogP contribution is -2.42. The van der Waals surface area contributed by atoms with Crippen molar-refractivity contribution < 1.29 is 23.5 Å². The summed E-state index contributed by atoms with van der Waals surface area (Å²) >= 11 is 0. The number of anilines is 1. The molecule has 1 aromatic carbocycles. The van der Waals surface area contributed by atoms with Crippen molar-refractivity contribution in [3.05, 3.63) is 29.8 Å². The molecular formula is C14H16F2N2O3. The molecule has 0 heterocycles. The maximum absolute atomic E-state index is 13.4. The number of aliphatic carboxylic acids is 1. The fourth-order valence-corrected chi connectivity index (χ4v) is 2.53. The summed E-state index contributed by atoms with van der Waals surface area (Å²) < 4.78 is 26.4. The molecule has 1 aliphatic carbocycles. The summed E-state index contributed by atoms with van der Waals surface area (Å²) in [5.41, 5.74) is -1.25. The van der Waals surface area contributed by atoms with Gasteiger partial charge in [-0.1, -0.05) is 12.8 Å². The number of carboxylic acids is 1. The van der Waals surface area contributed by atoms with Gasteiger partial charge in [-0.05, 0) is 25.0 Å². The third-order valence-electron chi connectivity index (χ3n) is 3.78. The maximum Gasteiger partial charge on any atom is 0.319 e. The predicted octanol–water partition coefficient (Wildman–Crippen LogP) is 2.73. The molecule has 3 N–H and O–H groups in total. The van der Waals surface area contributed by atoms with Crippen LogP contribution in [0, 0.1) is 17.0 Å². The molecule has 0 aromatic heterocycles. The van der Waals surface area contributed by atoms with Crippen LogP contribution >= 0.6 is 0 Å². The highest BCUT2D eigenvalue weighted by molar-refractivity contribution is 5.89. The number of urea groups is 1. The Hall–Kier alpha value is -2.18. The van der Waals surface area contributed by atoms with Gasteiger partial charge in [-0.25, -0.2) is 13.6 Å². The molecule has 1 aromatic rings. The summed E-state index contributed by atoms with van der Waals surface area (Å²) in [6, 6.07) is 1.95. The van der Waals surface area contributed by atoms with E-state index in [0.717, 1.165) is 31.0 Å². The molecule has 0 spiro atoms. The Kier molecular flexibility index (Phi) is 4.40. The normalized spacial score (nSPS) is 16.5. The average molecular weight is 298 g/mol. The van der Waals surface area contributed by atoms with Gasteiger partial charge in [0.1, 0.15) is 11.6 Å². The van der Waals surface area contributed by atoms with Gasteiger partial charge in [0.15, 0.2) is 0 Å². The molecule has 114 valence electrons. The van der Waals surface area contributed by atoms with Crippen LogP contribution in [0.4, 0.5) is 19.3 Å². The van der Waals surface area contributed by atoms with Crippen LogP contribution in [0.15, 0.2) is 18.2 Å². The number of hydrogen-bond acceptors (Lipinski definition) is 2. The van der Waals surface area contributed by atoms with E-state index in [1.54, 1.807) is 0 Å². The summed E-state index contributed by atoms with van der Waals surface area (Å²) in [4.78, 5) is 23.0. The fraction of sp³-hybridized carbons (Fsp3) is 0.429. The largest absolute Gasteiger partial charge is 0.481 e. The Morgan fingerprint density at radius 2 is 1.90 bits per heavy atom. The van der Waals surface area contributed by atoms with E-state index in [1.807, 2.05) is 0 Å². The van der Waals surface area contributed by atoms with Gasteiger partial charge in [-0.3, -0.25) is 4.79 Å². The van der Waals surface area contributed by atoms with Crippen LogP contribution in [0.25, 0.3) is 0 Å². The van der Waals surface area contributed by atoms with Gasteiger partial charge in [0.25, 0.3) is 0 Å². The maximum atomic E-state index is 13.4. The quantitative estimate of drug-likeness (QED) is 0.799. The minimum Gasteiger partial charge on any atom is -0.481 e. The number of carbonyl (C=O) groups excluding carboxylic acids is 1. The molecule has 21 heavy (non-hydrogen) atoms. The number of rotatable bonds is 4. The number of halogens is 2. The van der Waals surface area contributed by atoms with Crippen LogP contribution in [0.5, 0.6) is 0 Å². The zero-order valence-corrected chi connectivity index (χ0v) is 11.3. The summed E-state index contributed by atoms with van der Waals surface area (Å²) in [6.07, 6.45) is 2.59. The molecule has 1 aliphatic rings. The van der Waals surface area contributed by atoms with Gasteiger partial charge < -0.3 is 15.7 Å². The van der Waals surface area contributed by atoms with Crippen LogP contribution in [0.2, 0.25) is 0 Å². The van der Waals surface area contributed by atoms with Gasteiger partial charge in [-0.15, -0.1) is 0 Å². The topological polar surface area (TPSA) is 78.4 Å². The molecule has 0 unspecified atom stereocenters. The number of hydrogen-bond donors (Lipinski definition) is 3. The highest BCUT2D eigenvalue weighted by Crippen LogP contribution is 2.37. The lowest BCUT2D eigenvalue weighted by Gasteiger charge is -2.24. The van der Waals surface area contributed by atoms with Crippen LogP contribution in [0.3, 0.4) is 0 Å². The Labute approximate surface area is 120 Å². The number of nitrogens with one attached hydrogen (secondary N) is 2. The molecule has 0 radical (unpaired) electrons. The van der Waals surface area contributed by atoms with Crippen molar-refractivity contribution in [3.63, 3.8) is 0 Å². The van der Waals surface area contributed by atoms with Gasteiger partial charge in [-0.2, -0.15) is 0 Å². The Morgan fingerprint density at radius 3 is 2.52 bits per heavy atom. The zero-order chi connectivity index (χ0) is 15.5. The highest BCUT2D eigenvalue weighted by Gasteiger charge is 2.41. The lowest BCUT2D eigenvalue weighted by molar-refractivity contribution is -0.148. The Balaban J connectivity index is 1.96. The molecule has 2 rings (SSSR count). The monoisotopic (exact) mass is 298 g/mol. The van der Waals surface area contributed by atoms with Gasteiger partial charge >= 0.3 is 12.0 Å². The van der Waals surface area contributed by atoms with E-state index in [2.05, 4.69) is 10.6 Å². The number of carbonyl (C=O) groups is 2. The number of amides is 2. The van der Waals surface area contributed by atoms with E-state index in [-0.39, 0.29) is 12.2 Å². The second kappa shape index (κ2) is 6.07. The van der Waals surface area contributed by atoms with E-state index >= 15 is 0 Å². The van der Waals surface area contributed by atoms with E-state index in [1.165, 1.54) is 0 Å². The summed E-state index contributed by atoms with van der Waals surface area (Å²) in [6.45, 7) is -0.0366. The van der Waals surface area contributed by atoms with Crippen molar-refractivity contribution in [1.29, 1.82) is 0 Å². The standard InChI is InChI=1S/C14H16F2N2O3/c15-9-3-4-10(16)11(7-9)18-13(21)17-8-14(12(19)20)5-1-2-6-14/h3-4,7H,1-2,5-6,8H2,(H,19,20)(H2,17,18,21). The smallest absolute Gasteiger partial charge is 0.319 e. The SMILES string of the molecule is O=C(NCC1(C(=O)O)CCCC1)Nc1cc(F)ccc1F. The van der Waals surface area contributed by atoms with Crippen LogP contribution < -0.4 is 10.6 Å². The highest BCUT2D eigenvalue weighted by atomic mass is 19.1. The molecule has 0 aliphatic heterocycles. The fourth-order valence-electron chi connectivity index (χ4n) is 2.53. The molecule has 7 heteroatoms. The number of benzene rings is 1. The van der Waals surface area contributed by atoms with E-state index in [4.69, 9.17) is 0 Å². The zero-order valence-electron chi connectivity index (χ0n) is 11.3. The first-order chi connectivity index (χ1) is 9.93. The predicted molar refractivity (Wildman–Crippen MR) is 71.9 cm³/mol. The van der Waals surface area contributed by atoms with Crippen LogP contribution in [-0.2, 0) is 4.79 Å². The first-order valence-electron chi connectivity index (χ1n) is 6.66. The molecule has 0 saturated heterocycles. The van der Waals surface area contributed by atoms with Gasteiger partial charge in [0, 0.05) is 12.6 Å². The first-order valence-corrected chi connectivity index (χ1v) is 6.66. The second-order valence-electron chi connectivity index (χ2n) is 5.22. The summed E-state index contributed by atoms with van der Waals surface area (Å²) in [5, 5.41) is 13.9. The average Bonchev–Trinajstić information content (AvgIpc) is 2.91. The van der Waals surface area contributed by atoms with E-state index in [0.29, 0.717) is 12.8 Å². The Morgan fingerprint density at radius 1 is 1.24 bits per heavy atom. The molecule has 2 amide bonds. The van der Waals surface area contributed by atoms with Crippen LogP contribution in [0.1, 0.15) is 25.7 Å². The third-order valence-corrected chi connectivity index (χ3v) is 3.78. The molecular weight excluding hydrogens is 282 g/mol. The van der Waals surface area contributed by atoms with Crippen molar-refractivity contribution in [3.8, 4) is 0 Å². The van der Waals surface area contributed by atoms with Crippen molar-refractivity contribution in [1.82, 2.24) is 5.32 Å². The minimum absolute atomic E-state index is 0.0366. The third kappa shape index (κ3) is 3.48. The molecule has 0 bridgehead atoms. The first kappa shape index (κ1) is 15.2. The molecule has 0 atom stereocenters. The van der Waals surface area contributed by atoms with Gasteiger partial charge in [0.05, 0.1) is 11.1 Å². The van der Waals surface area contributed by atoms with E-state index < -0.39 is 29.0 Å². The second-order valence-corrected chi connectivity index (χ2v) is 5.22. The van der Waals surface area contributed by atoms with Gasteiger partial charge in [0.2, 0.25) is 0 Å². The van der Waals surface area contributed by atoms with Crippen molar-refractivity contribution in [2.24, 2.45) is 5.41 Å². The summed E-state index contributed by atoms with van der Waals surface area (Å²) in [5.74, 6) is -2.39. The molecule has 1 saturated carbocycles. The van der Waals surface area contributed by atoms with Crippen molar-refractivity contribution in [2.45, 2.75) is 25.7 Å².